The molecule has 0 saturated heterocycles. The van der Waals surface area contributed by atoms with Crippen molar-refractivity contribution in [2.45, 2.75) is 39.7 Å². The zero-order valence-electron chi connectivity index (χ0n) is 23.5. The highest BCUT2D eigenvalue weighted by Gasteiger charge is 2.23. The Labute approximate surface area is 232 Å². The van der Waals surface area contributed by atoms with Crippen LogP contribution in [0.4, 0.5) is 10.5 Å². The number of amides is 3. The average molecular weight is 552 g/mol. The van der Waals surface area contributed by atoms with Gasteiger partial charge in [-0.2, -0.15) is 0 Å². The molecular weight excluding hydrogens is 514 g/mol. The number of nitrogens with zero attached hydrogens (tertiary/aromatic N) is 5. The van der Waals surface area contributed by atoms with Gasteiger partial charge >= 0.3 is 6.09 Å². The van der Waals surface area contributed by atoms with Crippen molar-refractivity contribution in [3.8, 4) is 0 Å². The maximum Gasteiger partial charge on any atom is 0.407 e. The van der Waals surface area contributed by atoms with Gasteiger partial charge in [-0.25, -0.2) is 9.78 Å². The molecule has 0 saturated carbocycles. The summed E-state index contributed by atoms with van der Waals surface area (Å²) in [5.41, 5.74) is 2.30. The fourth-order valence-corrected chi connectivity index (χ4v) is 4.20. The number of imidazole rings is 1. The number of allylic oxidation sites excluding steroid dienone is 1. The van der Waals surface area contributed by atoms with Crippen LogP contribution in [0, 0.1) is 11.8 Å². The van der Waals surface area contributed by atoms with Crippen molar-refractivity contribution in [3.05, 3.63) is 64.6 Å². The normalized spacial score (nSPS) is 12.2. The van der Waals surface area contributed by atoms with Crippen LogP contribution in [0.1, 0.15) is 38.1 Å². The molecule has 3 heterocycles. The van der Waals surface area contributed by atoms with Crippen molar-refractivity contribution in [2.75, 3.05) is 33.0 Å². The SMILES string of the molecule is CC(C)Cc1cncc2[nH]c(Cn3cccc(NC(=O)[C@@H](CC/C=C/C(=O)N(C)C)CN(C)C(=O)O)c3=O)nc12. The number of nitrogens with one attached hydrogen (secondary N) is 2. The van der Waals surface area contributed by atoms with Gasteiger partial charge in [0.1, 0.15) is 11.5 Å². The van der Waals surface area contributed by atoms with Crippen LogP contribution in [0.3, 0.4) is 0 Å². The number of hydrogen-bond acceptors (Lipinski definition) is 6. The molecule has 3 rings (SSSR count). The van der Waals surface area contributed by atoms with Crippen molar-refractivity contribution >= 4 is 34.6 Å². The highest BCUT2D eigenvalue weighted by atomic mass is 16.4. The number of rotatable bonds is 12. The van der Waals surface area contributed by atoms with Crippen LogP contribution >= 0.6 is 0 Å². The number of anilines is 1. The molecule has 214 valence electrons. The number of hydrogen-bond donors (Lipinski definition) is 3. The Bertz CT molecular complexity index is 1440. The molecular formula is C28H37N7O5. The van der Waals surface area contributed by atoms with Crippen LogP contribution in [0.5, 0.6) is 0 Å². The Morgan fingerprint density at radius 3 is 2.62 bits per heavy atom. The molecule has 12 heteroatoms. The van der Waals surface area contributed by atoms with E-state index in [4.69, 9.17) is 4.98 Å². The topological polar surface area (TPSA) is 154 Å². The maximum atomic E-state index is 13.2. The Kier molecular flexibility index (Phi) is 10.2. The van der Waals surface area contributed by atoms with E-state index in [1.807, 2.05) is 6.20 Å². The van der Waals surface area contributed by atoms with Gasteiger partial charge in [0.2, 0.25) is 11.8 Å². The van der Waals surface area contributed by atoms with Gasteiger partial charge in [0, 0.05) is 40.1 Å². The number of fused-ring (bicyclic) bond motifs is 1. The molecule has 3 aromatic rings. The van der Waals surface area contributed by atoms with E-state index in [0.29, 0.717) is 18.2 Å². The third kappa shape index (κ3) is 8.01. The van der Waals surface area contributed by atoms with Crippen molar-refractivity contribution in [3.63, 3.8) is 0 Å². The standard InChI is InChI=1S/C28H37N7O5/c1-18(2)13-20-14-29-15-22-25(20)32-23(30-22)17-35-12-8-10-21(27(35)38)31-26(37)19(16-34(5)28(39)40)9-6-7-11-24(36)33(3)4/h7-8,10-12,14-15,18-19H,6,9,13,16-17H2,1-5H3,(H,30,32)(H,31,37)(H,39,40)/b11-7+/t19-/m0/s1. The number of pyridine rings is 2. The van der Waals surface area contributed by atoms with Crippen LogP contribution in [-0.2, 0) is 22.6 Å². The summed E-state index contributed by atoms with van der Waals surface area (Å²) >= 11 is 0. The Balaban J connectivity index is 1.77. The van der Waals surface area contributed by atoms with E-state index in [1.54, 1.807) is 38.6 Å². The maximum absolute atomic E-state index is 13.2. The van der Waals surface area contributed by atoms with Gasteiger partial charge in [-0.1, -0.05) is 19.9 Å². The third-order valence-corrected chi connectivity index (χ3v) is 6.32. The van der Waals surface area contributed by atoms with Gasteiger partial charge in [-0.15, -0.1) is 0 Å². The monoisotopic (exact) mass is 551 g/mol. The minimum Gasteiger partial charge on any atom is -0.465 e. The second-order valence-corrected chi connectivity index (χ2v) is 10.4. The lowest BCUT2D eigenvalue weighted by Gasteiger charge is -2.21. The summed E-state index contributed by atoms with van der Waals surface area (Å²) < 4.78 is 1.44. The Hall–Kier alpha value is -4.48. The zero-order chi connectivity index (χ0) is 29.4. The summed E-state index contributed by atoms with van der Waals surface area (Å²) in [6, 6.07) is 3.16. The lowest BCUT2D eigenvalue weighted by molar-refractivity contribution is -0.123. The number of carboxylic acid groups (broad SMARTS) is 1. The molecule has 0 aliphatic heterocycles. The summed E-state index contributed by atoms with van der Waals surface area (Å²) in [6.45, 7) is 4.34. The highest BCUT2D eigenvalue weighted by molar-refractivity contribution is 5.92. The summed E-state index contributed by atoms with van der Waals surface area (Å²) in [6.07, 6.45) is 8.50. The first-order valence-corrected chi connectivity index (χ1v) is 13.1. The van der Waals surface area contributed by atoms with Gasteiger partial charge in [-0.05, 0) is 49.0 Å². The Morgan fingerprint density at radius 2 is 1.95 bits per heavy atom. The van der Waals surface area contributed by atoms with Gasteiger partial charge in [0.05, 0.1) is 29.7 Å². The average Bonchev–Trinajstić information content (AvgIpc) is 3.31. The molecule has 0 aliphatic carbocycles. The quantitative estimate of drug-likeness (QED) is 0.293. The molecule has 0 unspecified atom stereocenters. The molecule has 0 aromatic carbocycles. The largest absolute Gasteiger partial charge is 0.465 e. The second-order valence-electron chi connectivity index (χ2n) is 10.4. The minimum absolute atomic E-state index is 0.0661. The molecule has 3 amide bonds. The second kappa shape index (κ2) is 13.5. The van der Waals surface area contributed by atoms with Gasteiger partial charge < -0.3 is 29.8 Å². The highest BCUT2D eigenvalue weighted by Crippen LogP contribution is 2.19. The molecule has 40 heavy (non-hydrogen) atoms. The predicted octanol–water partition coefficient (Wildman–Crippen LogP) is 2.96. The van der Waals surface area contributed by atoms with Crippen molar-refractivity contribution in [1.82, 2.24) is 29.3 Å². The van der Waals surface area contributed by atoms with Crippen LogP contribution in [-0.4, -0.2) is 80.0 Å². The molecule has 0 spiro atoms. The van der Waals surface area contributed by atoms with Crippen molar-refractivity contribution in [1.29, 1.82) is 0 Å². The number of carbonyl (C=O) groups is 3. The van der Waals surface area contributed by atoms with Gasteiger partial charge in [-0.3, -0.25) is 19.4 Å². The minimum atomic E-state index is -1.17. The number of H-pyrrole nitrogens is 1. The van der Waals surface area contributed by atoms with E-state index in [0.717, 1.165) is 27.9 Å². The fraction of sp³-hybridized carbons (Fsp3) is 0.429. The molecule has 3 N–H and O–H groups in total. The summed E-state index contributed by atoms with van der Waals surface area (Å²) in [7, 11) is 4.64. The summed E-state index contributed by atoms with van der Waals surface area (Å²) in [5, 5.41) is 12.0. The summed E-state index contributed by atoms with van der Waals surface area (Å²) in [5.74, 6) is -0.394. The van der Waals surface area contributed by atoms with Gasteiger partial charge in [0.15, 0.2) is 0 Å². The molecule has 0 radical (unpaired) electrons. The molecule has 12 nitrogen and oxygen atoms in total. The van der Waals surface area contributed by atoms with E-state index in [1.165, 1.54) is 28.7 Å². The van der Waals surface area contributed by atoms with E-state index in [-0.39, 0.29) is 31.1 Å². The van der Waals surface area contributed by atoms with E-state index < -0.39 is 23.5 Å². The van der Waals surface area contributed by atoms with Crippen molar-refractivity contribution < 1.29 is 19.5 Å². The Morgan fingerprint density at radius 1 is 1.20 bits per heavy atom. The lowest BCUT2D eigenvalue weighted by atomic mass is 10.0. The van der Waals surface area contributed by atoms with Crippen LogP contribution in [0.2, 0.25) is 0 Å². The van der Waals surface area contributed by atoms with Crippen LogP contribution < -0.4 is 10.9 Å². The van der Waals surface area contributed by atoms with E-state index >= 15 is 0 Å². The fourth-order valence-electron chi connectivity index (χ4n) is 4.20. The zero-order valence-corrected chi connectivity index (χ0v) is 23.5. The summed E-state index contributed by atoms with van der Waals surface area (Å²) in [4.78, 5) is 64.2. The molecule has 1 atom stereocenters. The van der Waals surface area contributed by atoms with Crippen LogP contribution in [0.15, 0.2) is 47.7 Å². The lowest BCUT2D eigenvalue weighted by Crippen LogP contribution is -2.37. The predicted molar refractivity (Wildman–Crippen MR) is 152 cm³/mol. The number of aromatic amines is 1. The first-order chi connectivity index (χ1) is 19.0. The molecule has 0 aliphatic rings. The van der Waals surface area contributed by atoms with E-state index in [9.17, 15) is 24.3 Å². The van der Waals surface area contributed by atoms with Crippen LogP contribution in [0.25, 0.3) is 11.0 Å². The number of aromatic nitrogens is 4. The number of likely N-dealkylation sites (N-methyl/N-ethyl adjacent to an activating group) is 1. The first kappa shape index (κ1) is 30.1. The smallest absolute Gasteiger partial charge is 0.407 e. The molecule has 3 aromatic heterocycles. The third-order valence-electron chi connectivity index (χ3n) is 6.32. The van der Waals surface area contributed by atoms with Gasteiger partial charge in [0.25, 0.3) is 5.56 Å². The molecule has 0 bridgehead atoms. The first-order valence-electron chi connectivity index (χ1n) is 13.1. The van der Waals surface area contributed by atoms with E-state index in [2.05, 4.69) is 29.1 Å². The van der Waals surface area contributed by atoms with Crippen molar-refractivity contribution in [2.24, 2.45) is 11.8 Å². The number of carbonyl (C=O) groups excluding carboxylic acids is 2. The molecule has 0 fully saturated rings.